The van der Waals surface area contributed by atoms with Gasteiger partial charge in [0.1, 0.15) is 5.60 Å². The summed E-state index contributed by atoms with van der Waals surface area (Å²) in [6.07, 6.45) is 2.59. The summed E-state index contributed by atoms with van der Waals surface area (Å²) in [7, 11) is 0. The molecule has 0 aromatic heterocycles. The molecule has 1 N–H and O–H groups in total. The number of ether oxygens (including phenoxy) is 1. The molecule has 3 nitrogen and oxygen atoms in total. The van der Waals surface area contributed by atoms with Gasteiger partial charge in [-0.2, -0.15) is 12.6 Å². The Bertz CT molecular complexity index is 151. The molecule has 1 saturated heterocycles. The summed E-state index contributed by atoms with van der Waals surface area (Å²) in [4.78, 5) is 9.60. The minimum atomic E-state index is -0.318. The maximum atomic E-state index is 9.60. The SMILES string of the molecule is CC(C)(C)OC=O.S[C@H]1CCCNC1. The molecule has 14 heavy (non-hydrogen) atoms. The molecule has 0 radical (unpaired) electrons. The highest BCUT2D eigenvalue weighted by Crippen LogP contribution is 2.06. The van der Waals surface area contributed by atoms with Gasteiger partial charge in [-0.05, 0) is 40.2 Å². The maximum absolute atomic E-state index is 9.60. The van der Waals surface area contributed by atoms with Crippen molar-refractivity contribution in [2.24, 2.45) is 0 Å². The van der Waals surface area contributed by atoms with Crippen molar-refractivity contribution >= 4 is 19.1 Å². The molecule has 0 unspecified atom stereocenters. The van der Waals surface area contributed by atoms with Gasteiger partial charge in [-0.15, -0.1) is 0 Å². The molecule has 1 atom stereocenters. The molecule has 0 aromatic carbocycles. The summed E-state index contributed by atoms with van der Waals surface area (Å²) >= 11 is 4.30. The van der Waals surface area contributed by atoms with E-state index in [1.165, 1.54) is 19.4 Å². The van der Waals surface area contributed by atoms with Gasteiger partial charge in [0.2, 0.25) is 0 Å². The third-order valence-electron chi connectivity index (χ3n) is 1.67. The van der Waals surface area contributed by atoms with Gasteiger partial charge in [0, 0.05) is 11.8 Å². The zero-order valence-electron chi connectivity index (χ0n) is 9.25. The van der Waals surface area contributed by atoms with Gasteiger partial charge in [-0.3, -0.25) is 4.79 Å². The standard InChI is InChI=1S/C5H11NS.C5H10O2/c7-5-2-1-3-6-4-5;1-5(2,3)7-4-6/h5-7H,1-4H2;4H,1-3H3/t5-;/m0./s1. The number of nitrogens with one attached hydrogen (secondary N) is 1. The maximum Gasteiger partial charge on any atom is 0.293 e. The van der Waals surface area contributed by atoms with Crippen LogP contribution in [-0.4, -0.2) is 30.4 Å². The molecule has 1 aliphatic heterocycles. The first-order valence-corrected chi connectivity index (χ1v) is 5.47. The Kier molecular flexibility index (Phi) is 7.01. The first kappa shape index (κ1) is 13.8. The van der Waals surface area contributed by atoms with Crippen molar-refractivity contribution in [1.82, 2.24) is 5.32 Å². The van der Waals surface area contributed by atoms with Gasteiger partial charge in [0.25, 0.3) is 6.47 Å². The van der Waals surface area contributed by atoms with Crippen molar-refractivity contribution in [2.75, 3.05) is 13.1 Å². The zero-order chi connectivity index (χ0) is 11.0. The van der Waals surface area contributed by atoms with Gasteiger partial charge in [-0.1, -0.05) is 0 Å². The van der Waals surface area contributed by atoms with Crippen LogP contribution >= 0.6 is 12.6 Å². The lowest BCUT2D eigenvalue weighted by Crippen LogP contribution is -2.29. The summed E-state index contributed by atoms with van der Waals surface area (Å²) in [5.41, 5.74) is -0.318. The predicted octanol–water partition coefficient (Wildman–Crippen LogP) is 1.63. The van der Waals surface area contributed by atoms with E-state index in [1.807, 2.05) is 20.8 Å². The molecule has 0 saturated carbocycles. The molecule has 1 heterocycles. The van der Waals surface area contributed by atoms with Crippen LogP contribution in [0.4, 0.5) is 0 Å². The van der Waals surface area contributed by atoms with E-state index in [9.17, 15) is 4.79 Å². The smallest absolute Gasteiger partial charge is 0.293 e. The molecule has 1 rings (SSSR count). The Morgan fingerprint density at radius 3 is 2.29 bits per heavy atom. The first-order valence-electron chi connectivity index (χ1n) is 4.96. The lowest BCUT2D eigenvalue weighted by molar-refractivity contribution is -0.138. The number of thiol groups is 1. The van der Waals surface area contributed by atoms with Crippen LogP contribution in [0.1, 0.15) is 33.6 Å². The van der Waals surface area contributed by atoms with E-state index in [4.69, 9.17) is 0 Å². The lowest BCUT2D eigenvalue weighted by atomic mass is 10.2. The molecule has 0 aliphatic carbocycles. The molecule has 0 amide bonds. The number of carbonyl (C=O) groups excluding carboxylic acids is 1. The highest BCUT2D eigenvalue weighted by molar-refractivity contribution is 7.81. The van der Waals surface area contributed by atoms with Crippen molar-refractivity contribution in [3.8, 4) is 0 Å². The van der Waals surface area contributed by atoms with Gasteiger partial charge in [-0.25, -0.2) is 0 Å². The topological polar surface area (TPSA) is 38.3 Å². The predicted molar refractivity (Wildman–Crippen MR) is 61.8 cm³/mol. The third-order valence-corrected chi connectivity index (χ3v) is 2.11. The van der Waals surface area contributed by atoms with Crippen LogP contribution in [0.5, 0.6) is 0 Å². The molecule has 84 valence electrons. The molecular formula is C10H21NO2S. The van der Waals surface area contributed by atoms with Gasteiger partial charge >= 0.3 is 0 Å². The quantitative estimate of drug-likeness (QED) is 0.520. The average molecular weight is 219 g/mol. The number of hydrogen-bond donors (Lipinski definition) is 2. The van der Waals surface area contributed by atoms with E-state index >= 15 is 0 Å². The summed E-state index contributed by atoms with van der Waals surface area (Å²) in [5, 5.41) is 3.88. The number of rotatable bonds is 1. The molecule has 0 bridgehead atoms. The monoisotopic (exact) mass is 219 g/mol. The Labute approximate surface area is 92.0 Å². The Balaban J connectivity index is 0.000000241. The van der Waals surface area contributed by atoms with Crippen molar-refractivity contribution in [3.05, 3.63) is 0 Å². The normalized spacial score (nSPS) is 21.9. The van der Waals surface area contributed by atoms with Crippen LogP contribution < -0.4 is 5.32 Å². The van der Waals surface area contributed by atoms with Crippen LogP contribution in [0, 0.1) is 0 Å². The second-order valence-electron chi connectivity index (χ2n) is 4.33. The van der Waals surface area contributed by atoms with Crippen molar-refractivity contribution in [2.45, 2.75) is 44.5 Å². The van der Waals surface area contributed by atoms with E-state index in [2.05, 4.69) is 22.7 Å². The molecule has 0 aromatic rings. The highest BCUT2D eigenvalue weighted by atomic mass is 32.1. The van der Waals surface area contributed by atoms with Crippen LogP contribution in [-0.2, 0) is 9.53 Å². The largest absolute Gasteiger partial charge is 0.462 e. The highest BCUT2D eigenvalue weighted by Gasteiger charge is 2.07. The first-order chi connectivity index (χ1) is 6.45. The van der Waals surface area contributed by atoms with E-state index in [-0.39, 0.29) is 5.60 Å². The number of piperidine rings is 1. The number of carbonyl (C=O) groups is 1. The molecular weight excluding hydrogens is 198 g/mol. The Morgan fingerprint density at radius 2 is 2.14 bits per heavy atom. The van der Waals surface area contributed by atoms with Crippen LogP contribution in [0.25, 0.3) is 0 Å². The fourth-order valence-electron chi connectivity index (χ4n) is 0.978. The fourth-order valence-corrected chi connectivity index (χ4v) is 1.29. The summed E-state index contributed by atoms with van der Waals surface area (Å²) in [6, 6.07) is 0. The van der Waals surface area contributed by atoms with Crippen molar-refractivity contribution < 1.29 is 9.53 Å². The van der Waals surface area contributed by atoms with Gasteiger partial charge in [0.15, 0.2) is 0 Å². The van der Waals surface area contributed by atoms with E-state index in [0.29, 0.717) is 11.7 Å². The van der Waals surface area contributed by atoms with Gasteiger partial charge in [0.05, 0.1) is 0 Å². The fraction of sp³-hybridized carbons (Fsp3) is 0.900. The van der Waals surface area contributed by atoms with Crippen molar-refractivity contribution in [1.29, 1.82) is 0 Å². The average Bonchev–Trinajstić information content (AvgIpc) is 2.04. The minimum absolute atomic E-state index is 0.318. The molecule has 1 aliphatic rings. The summed E-state index contributed by atoms with van der Waals surface area (Å²) in [5.74, 6) is 0. The van der Waals surface area contributed by atoms with Crippen LogP contribution in [0.3, 0.4) is 0 Å². The third kappa shape index (κ3) is 9.86. The Hall–Kier alpha value is -0.220. The molecule has 0 spiro atoms. The number of hydrogen-bond acceptors (Lipinski definition) is 4. The summed E-state index contributed by atoms with van der Waals surface area (Å²) < 4.78 is 4.55. The lowest BCUT2D eigenvalue weighted by Gasteiger charge is -2.16. The van der Waals surface area contributed by atoms with Crippen LogP contribution in [0.2, 0.25) is 0 Å². The molecule has 1 fully saturated rings. The van der Waals surface area contributed by atoms with Gasteiger partial charge < -0.3 is 10.1 Å². The van der Waals surface area contributed by atoms with E-state index < -0.39 is 0 Å². The Morgan fingerprint density at radius 1 is 1.50 bits per heavy atom. The van der Waals surface area contributed by atoms with E-state index in [1.54, 1.807) is 0 Å². The second-order valence-corrected chi connectivity index (χ2v) is 5.06. The summed E-state index contributed by atoms with van der Waals surface area (Å²) in [6.45, 7) is 8.21. The second kappa shape index (κ2) is 7.12. The van der Waals surface area contributed by atoms with Crippen LogP contribution in [0.15, 0.2) is 0 Å². The zero-order valence-corrected chi connectivity index (χ0v) is 10.1. The van der Waals surface area contributed by atoms with E-state index in [0.717, 1.165) is 6.54 Å². The van der Waals surface area contributed by atoms with Crippen molar-refractivity contribution in [3.63, 3.8) is 0 Å². The molecule has 4 heteroatoms. The minimum Gasteiger partial charge on any atom is -0.462 e.